The molecular formula is C30H24Br2O2. The fourth-order valence-corrected chi connectivity index (χ4v) is 4.72. The molecule has 0 radical (unpaired) electrons. The van der Waals surface area contributed by atoms with E-state index in [9.17, 15) is 10.2 Å². The van der Waals surface area contributed by atoms with E-state index in [0.29, 0.717) is 0 Å². The number of hydrogen-bond donors (Lipinski definition) is 2. The highest BCUT2D eigenvalue weighted by Gasteiger charge is 2.21. The molecule has 4 aromatic carbocycles. The van der Waals surface area contributed by atoms with Crippen molar-refractivity contribution in [3.63, 3.8) is 0 Å². The van der Waals surface area contributed by atoms with Gasteiger partial charge in [-0.2, -0.15) is 0 Å². The van der Waals surface area contributed by atoms with Gasteiger partial charge in [-0.1, -0.05) is 117 Å². The van der Waals surface area contributed by atoms with Crippen LogP contribution in [-0.4, -0.2) is 10.2 Å². The summed E-state index contributed by atoms with van der Waals surface area (Å²) in [4.78, 5) is 0. The SMILES string of the molecule is Oc1ccc(Br)cc1C=C[C@@H](c1ccccc1)[C@@H](C=Cc1cc(Br)ccc1O)c1ccccc1. The minimum atomic E-state index is -0.00692. The molecule has 0 fully saturated rings. The van der Waals surface area contributed by atoms with E-state index in [1.807, 2.05) is 72.8 Å². The van der Waals surface area contributed by atoms with Crippen LogP contribution in [0, 0.1) is 0 Å². The summed E-state index contributed by atoms with van der Waals surface area (Å²) in [5, 5.41) is 20.7. The van der Waals surface area contributed by atoms with Crippen LogP contribution in [0.15, 0.2) is 118 Å². The lowest BCUT2D eigenvalue weighted by Gasteiger charge is -2.23. The zero-order valence-electron chi connectivity index (χ0n) is 18.4. The maximum Gasteiger partial charge on any atom is 0.122 e. The number of phenols is 2. The molecule has 0 aliphatic rings. The van der Waals surface area contributed by atoms with Gasteiger partial charge in [-0.15, -0.1) is 0 Å². The third-order valence-electron chi connectivity index (χ3n) is 5.70. The molecule has 2 nitrogen and oxygen atoms in total. The van der Waals surface area contributed by atoms with E-state index in [0.717, 1.165) is 31.2 Å². The average molecular weight is 576 g/mol. The predicted octanol–water partition coefficient (Wildman–Crippen LogP) is 8.92. The van der Waals surface area contributed by atoms with Crippen molar-refractivity contribution < 1.29 is 10.2 Å². The van der Waals surface area contributed by atoms with Crippen molar-refractivity contribution in [1.29, 1.82) is 0 Å². The Kier molecular flexibility index (Phi) is 8.04. The van der Waals surface area contributed by atoms with Crippen LogP contribution in [0.5, 0.6) is 11.5 Å². The Balaban J connectivity index is 1.81. The maximum absolute atomic E-state index is 10.4. The van der Waals surface area contributed by atoms with Crippen molar-refractivity contribution in [1.82, 2.24) is 0 Å². The van der Waals surface area contributed by atoms with Crippen LogP contribution >= 0.6 is 31.9 Å². The van der Waals surface area contributed by atoms with Gasteiger partial charge in [0, 0.05) is 31.9 Å². The molecule has 0 bridgehead atoms. The average Bonchev–Trinajstić information content (AvgIpc) is 2.86. The van der Waals surface area contributed by atoms with E-state index < -0.39 is 0 Å². The molecule has 4 rings (SSSR count). The van der Waals surface area contributed by atoms with Crippen molar-refractivity contribution in [3.05, 3.63) is 140 Å². The highest BCUT2D eigenvalue weighted by Crippen LogP contribution is 2.38. The summed E-state index contributed by atoms with van der Waals surface area (Å²) in [6.45, 7) is 0. The van der Waals surface area contributed by atoms with E-state index in [2.05, 4.69) is 68.3 Å². The molecule has 2 N–H and O–H groups in total. The maximum atomic E-state index is 10.4. The summed E-state index contributed by atoms with van der Waals surface area (Å²) in [6.07, 6.45) is 8.22. The van der Waals surface area contributed by atoms with Crippen LogP contribution in [0.3, 0.4) is 0 Å². The minimum absolute atomic E-state index is 0.00692. The Bertz CT molecular complexity index is 1200. The fraction of sp³-hybridized carbons (Fsp3) is 0.0667. The number of phenolic OH excluding ortho intramolecular Hbond substituents is 2. The number of benzene rings is 4. The van der Waals surface area contributed by atoms with Crippen molar-refractivity contribution in [2.45, 2.75) is 11.8 Å². The lowest BCUT2D eigenvalue weighted by molar-refractivity contribution is 0.473. The highest BCUT2D eigenvalue weighted by atomic mass is 79.9. The first kappa shape index (κ1) is 24.1. The zero-order valence-corrected chi connectivity index (χ0v) is 21.5. The largest absolute Gasteiger partial charge is 0.507 e. The molecule has 34 heavy (non-hydrogen) atoms. The van der Waals surface area contributed by atoms with Crippen molar-refractivity contribution >= 4 is 44.0 Å². The molecule has 0 aliphatic heterocycles. The summed E-state index contributed by atoms with van der Waals surface area (Å²) >= 11 is 6.99. The van der Waals surface area contributed by atoms with Crippen LogP contribution < -0.4 is 0 Å². The summed E-state index contributed by atoms with van der Waals surface area (Å²) in [5.41, 5.74) is 3.81. The molecule has 0 aromatic heterocycles. The summed E-state index contributed by atoms with van der Waals surface area (Å²) < 4.78 is 1.82. The fourth-order valence-electron chi connectivity index (χ4n) is 3.96. The third kappa shape index (κ3) is 6.07. The first-order chi connectivity index (χ1) is 16.5. The van der Waals surface area contributed by atoms with Crippen LogP contribution in [0.4, 0.5) is 0 Å². The third-order valence-corrected chi connectivity index (χ3v) is 6.69. The Morgan fingerprint density at radius 3 is 1.29 bits per heavy atom. The molecule has 4 heteroatoms. The molecule has 0 saturated heterocycles. The monoisotopic (exact) mass is 574 g/mol. The van der Waals surface area contributed by atoms with Gasteiger partial charge in [-0.3, -0.25) is 0 Å². The van der Waals surface area contributed by atoms with Gasteiger partial charge in [-0.25, -0.2) is 0 Å². The molecule has 170 valence electrons. The lowest BCUT2D eigenvalue weighted by Crippen LogP contribution is -2.07. The van der Waals surface area contributed by atoms with Gasteiger partial charge in [0.2, 0.25) is 0 Å². The number of halogens is 2. The molecule has 0 aliphatic carbocycles. The van der Waals surface area contributed by atoms with Gasteiger partial charge in [-0.05, 0) is 47.5 Å². The number of allylic oxidation sites excluding steroid dienone is 2. The van der Waals surface area contributed by atoms with Gasteiger partial charge in [0.25, 0.3) is 0 Å². The van der Waals surface area contributed by atoms with Gasteiger partial charge in [0.1, 0.15) is 11.5 Å². The first-order valence-corrected chi connectivity index (χ1v) is 12.5. The van der Waals surface area contributed by atoms with Crippen LogP contribution in [0.25, 0.3) is 12.2 Å². The van der Waals surface area contributed by atoms with Gasteiger partial charge in [0.15, 0.2) is 0 Å². The number of rotatable bonds is 7. The summed E-state index contributed by atoms with van der Waals surface area (Å²) in [5.74, 6) is 0.453. The van der Waals surface area contributed by atoms with E-state index in [-0.39, 0.29) is 23.3 Å². The van der Waals surface area contributed by atoms with E-state index >= 15 is 0 Å². The molecule has 0 spiro atoms. The predicted molar refractivity (Wildman–Crippen MR) is 148 cm³/mol. The smallest absolute Gasteiger partial charge is 0.122 e. The lowest BCUT2D eigenvalue weighted by atomic mass is 9.80. The Morgan fingerprint density at radius 2 is 0.912 bits per heavy atom. The minimum Gasteiger partial charge on any atom is -0.507 e. The molecule has 0 amide bonds. The normalized spacial score (nSPS) is 13.4. The van der Waals surface area contributed by atoms with E-state index in [4.69, 9.17) is 0 Å². The van der Waals surface area contributed by atoms with Crippen LogP contribution in [-0.2, 0) is 0 Å². The van der Waals surface area contributed by atoms with Crippen molar-refractivity contribution in [3.8, 4) is 11.5 Å². The molecule has 0 unspecified atom stereocenters. The molecule has 0 saturated carbocycles. The number of aromatic hydroxyl groups is 2. The van der Waals surface area contributed by atoms with E-state index in [1.165, 1.54) is 0 Å². The van der Waals surface area contributed by atoms with Crippen LogP contribution in [0.1, 0.15) is 34.1 Å². The second-order valence-corrected chi connectivity index (χ2v) is 9.83. The quantitative estimate of drug-likeness (QED) is 0.231. The van der Waals surface area contributed by atoms with Crippen molar-refractivity contribution in [2.75, 3.05) is 0 Å². The number of hydrogen-bond acceptors (Lipinski definition) is 2. The second-order valence-electron chi connectivity index (χ2n) is 8.00. The Labute approximate surface area is 217 Å². The Hall–Kier alpha value is -3.08. The van der Waals surface area contributed by atoms with E-state index in [1.54, 1.807) is 12.1 Å². The van der Waals surface area contributed by atoms with Gasteiger partial charge >= 0.3 is 0 Å². The van der Waals surface area contributed by atoms with Gasteiger partial charge in [0.05, 0.1) is 0 Å². The highest BCUT2D eigenvalue weighted by molar-refractivity contribution is 9.10. The summed E-state index contributed by atoms with van der Waals surface area (Å²) in [6, 6.07) is 31.5. The van der Waals surface area contributed by atoms with Crippen molar-refractivity contribution in [2.24, 2.45) is 0 Å². The van der Waals surface area contributed by atoms with Crippen LogP contribution in [0.2, 0.25) is 0 Å². The molecule has 2 atom stereocenters. The zero-order chi connectivity index (χ0) is 23.9. The topological polar surface area (TPSA) is 40.5 Å². The Morgan fingerprint density at radius 1 is 0.529 bits per heavy atom. The first-order valence-electron chi connectivity index (χ1n) is 10.9. The van der Waals surface area contributed by atoms with Gasteiger partial charge < -0.3 is 10.2 Å². The molecule has 4 aromatic rings. The summed E-state index contributed by atoms with van der Waals surface area (Å²) in [7, 11) is 0. The second kappa shape index (κ2) is 11.4. The standard InChI is InChI=1S/C30H24Br2O2/c31-25-13-17-29(33)23(19-25)11-15-27(21-7-3-1-4-8-21)28(22-9-5-2-6-10-22)16-12-24-20-26(32)14-18-30(24)34/h1-20,27-28,33-34H/t27-,28-/m0/s1. The molecular weight excluding hydrogens is 552 g/mol. The molecule has 0 heterocycles.